The summed E-state index contributed by atoms with van der Waals surface area (Å²) in [6, 6.07) is 0. The van der Waals surface area contributed by atoms with Gasteiger partial charge in [-0.3, -0.25) is 4.57 Å². The Labute approximate surface area is 82.1 Å². The molecular formula is C9H18ClOP. The summed E-state index contributed by atoms with van der Waals surface area (Å²) in [6.07, 6.45) is 6.13. The van der Waals surface area contributed by atoms with E-state index in [2.05, 4.69) is 13.8 Å². The van der Waals surface area contributed by atoms with Crippen molar-refractivity contribution in [3.8, 4) is 0 Å². The highest BCUT2D eigenvalue weighted by Gasteiger charge is 2.26. The molecule has 0 amide bonds. The third-order valence-corrected chi connectivity index (χ3v) is 3.35. The summed E-state index contributed by atoms with van der Waals surface area (Å²) in [4.78, 5) is 0. The molecule has 0 aliphatic heterocycles. The minimum absolute atomic E-state index is 0.102. The van der Waals surface area contributed by atoms with Crippen LogP contribution in [-0.4, -0.2) is 4.62 Å². The molecule has 0 aromatic carbocycles. The fraction of sp³-hybridized carbons (Fsp3) is 1.00. The van der Waals surface area contributed by atoms with Crippen LogP contribution in [0.25, 0.3) is 0 Å². The van der Waals surface area contributed by atoms with Gasteiger partial charge in [0.15, 0.2) is 8.46 Å². The highest BCUT2D eigenvalue weighted by Crippen LogP contribution is 2.38. The lowest BCUT2D eigenvalue weighted by atomic mass is 10.1. The molecule has 0 spiro atoms. The van der Waals surface area contributed by atoms with E-state index in [0.717, 1.165) is 38.5 Å². The van der Waals surface area contributed by atoms with Crippen molar-refractivity contribution < 1.29 is 4.57 Å². The van der Waals surface area contributed by atoms with Gasteiger partial charge >= 0.3 is 0 Å². The minimum Gasteiger partial charge on any atom is -0.273 e. The topological polar surface area (TPSA) is 17.1 Å². The van der Waals surface area contributed by atoms with E-state index in [1.807, 2.05) is 0 Å². The average molecular weight is 209 g/mol. The maximum atomic E-state index is 10.8. The summed E-state index contributed by atoms with van der Waals surface area (Å²) in [7, 11) is 0.102. The van der Waals surface area contributed by atoms with Crippen LogP contribution in [0, 0.1) is 0 Å². The van der Waals surface area contributed by atoms with E-state index in [-0.39, 0.29) is 8.46 Å². The van der Waals surface area contributed by atoms with E-state index in [0.29, 0.717) is 0 Å². The van der Waals surface area contributed by atoms with Gasteiger partial charge in [0, 0.05) is 0 Å². The van der Waals surface area contributed by atoms with Crippen molar-refractivity contribution in [3.05, 3.63) is 0 Å². The summed E-state index contributed by atoms with van der Waals surface area (Å²) in [5.74, 6) is 0. The maximum Gasteiger partial charge on any atom is 0.178 e. The van der Waals surface area contributed by atoms with Crippen LogP contribution in [0.3, 0.4) is 0 Å². The molecule has 3 heteroatoms. The minimum atomic E-state index is -0.466. The molecule has 0 heterocycles. The number of halogens is 1. The molecule has 0 aliphatic rings. The van der Waals surface area contributed by atoms with Gasteiger partial charge in [-0.05, 0) is 12.8 Å². The standard InChI is InChI=1S/C9H18ClOP/c1-3-5-7-9(10,12-11)8-6-4-2/h3-8H2,1-2H3. The van der Waals surface area contributed by atoms with Gasteiger partial charge in [0.05, 0.1) is 0 Å². The Bertz CT molecular complexity index is 120. The lowest BCUT2D eigenvalue weighted by molar-refractivity contribution is 0.536. The van der Waals surface area contributed by atoms with E-state index in [4.69, 9.17) is 11.6 Å². The Morgan fingerprint density at radius 1 is 1.17 bits per heavy atom. The van der Waals surface area contributed by atoms with Crippen molar-refractivity contribution in [3.63, 3.8) is 0 Å². The van der Waals surface area contributed by atoms with E-state index < -0.39 is 4.62 Å². The predicted molar refractivity (Wildman–Crippen MR) is 55.2 cm³/mol. The van der Waals surface area contributed by atoms with Crippen LogP contribution < -0.4 is 0 Å². The fourth-order valence-corrected chi connectivity index (χ4v) is 1.88. The molecule has 0 saturated heterocycles. The van der Waals surface area contributed by atoms with Crippen molar-refractivity contribution >= 4 is 20.1 Å². The molecule has 1 nitrogen and oxygen atoms in total. The monoisotopic (exact) mass is 208 g/mol. The van der Waals surface area contributed by atoms with Gasteiger partial charge in [-0.1, -0.05) is 39.5 Å². The lowest BCUT2D eigenvalue weighted by Gasteiger charge is -2.17. The lowest BCUT2D eigenvalue weighted by Crippen LogP contribution is -2.12. The van der Waals surface area contributed by atoms with Gasteiger partial charge in [0.25, 0.3) is 0 Å². The quantitative estimate of drug-likeness (QED) is 0.442. The van der Waals surface area contributed by atoms with E-state index in [1.54, 1.807) is 0 Å². The number of rotatable bonds is 7. The Hall–Kier alpha value is 0.390. The molecule has 0 aliphatic carbocycles. The largest absolute Gasteiger partial charge is 0.273 e. The van der Waals surface area contributed by atoms with Crippen LogP contribution in [0.1, 0.15) is 52.4 Å². The van der Waals surface area contributed by atoms with Gasteiger partial charge < -0.3 is 0 Å². The normalized spacial score (nSPS) is 12.2. The van der Waals surface area contributed by atoms with Crippen LogP contribution in [0.4, 0.5) is 0 Å². The second-order valence-electron chi connectivity index (χ2n) is 3.22. The van der Waals surface area contributed by atoms with Crippen LogP contribution in [0.5, 0.6) is 0 Å². The number of unbranched alkanes of at least 4 members (excludes halogenated alkanes) is 2. The van der Waals surface area contributed by atoms with Crippen LogP contribution in [-0.2, 0) is 4.57 Å². The van der Waals surface area contributed by atoms with Gasteiger partial charge in [0.2, 0.25) is 0 Å². The highest BCUT2D eigenvalue weighted by molar-refractivity contribution is 7.29. The molecule has 0 radical (unpaired) electrons. The SMILES string of the molecule is CCCCC(Cl)(CCCC)P=O. The van der Waals surface area contributed by atoms with Crippen molar-refractivity contribution in [2.45, 2.75) is 57.0 Å². The Morgan fingerprint density at radius 2 is 1.58 bits per heavy atom. The van der Waals surface area contributed by atoms with E-state index >= 15 is 0 Å². The molecule has 0 atom stereocenters. The second kappa shape index (κ2) is 6.86. The van der Waals surface area contributed by atoms with Crippen molar-refractivity contribution in [1.29, 1.82) is 0 Å². The predicted octanol–water partition coefficient (Wildman–Crippen LogP) is 4.59. The first-order chi connectivity index (χ1) is 5.68. The zero-order valence-corrected chi connectivity index (χ0v) is 9.63. The molecule has 0 rings (SSSR count). The second-order valence-corrected chi connectivity index (χ2v) is 5.24. The zero-order chi connectivity index (χ0) is 9.45. The molecule has 0 N–H and O–H groups in total. The number of hydrogen-bond donors (Lipinski definition) is 0. The third kappa shape index (κ3) is 5.11. The van der Waals surface area contributed by atoms with Gasteiger partial charge in [0.1, 0.15) is 4.62 Å². The molecule has 72 valence electrons. The van der Waals surface area contributed by atoms with E-state index in [9.17, 15) is 4.57 Å². The zero-order valence-electron chi connectivity index (χ0n) is 7.98. The van der Waals surface area contributed by atoms with Gasteiger partial charge in [-0.15, -0.1) is 11.6 Å². The molecule has 0 unspecified atom stereocenters. The van der Waals surface area contributed by atoms with Gasteiger partial charge in [-0.25, -0.2) is 0 Å². The molecule has 0 aromatic rings. The molecule has 0 fully saturated rings. The first-order valence-electron chi connectivity index (χ1n) is 4.72. The van der Waals surface area contributed by atoms with Crippen LogP contribution in [0.15, 0.2) is 0 Å². The number of hydrogen-bond acceptors (Lipinski definition) is 1. The third-order valence-electron chi connectivity index (χ3n) is 1.99. The van der Waals surface area contributed by atoms with Crippen LogP contribution >= 0.6 is 20.1 Å². The fourth-order valence-electron chi connectivity index (χ4n) is 1.11. The van der Waals surface area contributed by atoms with E-state index in [1.165, 1.54) is 0 Å². The Morgan fingerprint density at radius 3 is 1.83 bits per heavy atom. The Balaban J connectivity index is 3.78. The first kappa shape index (κ1) is 12.4. The molecular weight excluding hydrogens is 191 g/mol. The number of alkyl halides is 1. The van der Waals surface area contributed by atoms with Crippen LogP contribution in [0.2, 0.25) is 0 Å². The van der Waals surface area contributed by atoms with Crippen molar-refractivity contribution in [2.24, 2.45) is 0 Å². The molecule has 0 saturated carbocycles. The highest BCUT2D eigenvalue weighted by atomic mass is 35.5. The Kier molecular flexibility index (Phi) is 7.08. The summed E-state index contributed by atoms with van der Waals surface area (Å²) in [6.45, 7) is 4.25. The average Bonchev–Trinajstić information content (AvgIpc) is 2.11. The van der Waals surface area contributed by atoms with Crippen molar-refractivity contribution in [1.82, 2.24) is 0 Å². The van der Waals surface area contributed by atoms with Gasteiger partial charge in [-0.2, -0.15) is 0 Å². The molecule has 0 aromatic heterocycles. The molecule has 0 bridgehead atoms. The molecule has 12 heavy (non-hydrogen) atoms. The van der Waals surface area contributed by atoms with Crippen molar-refractivity contribution in [2.75, 3.05) is 0 Å². The first-order valence-corrected chi connectivity index (χ1v) is 5.91. The summed E-state index contributed by atoms with van der Waals surface area (Å²) in [5.41, 5.74) is 0. The summed E-state index contributed by atoms with van der Waals surface area (Å²) < 4.78 is 10.3. The summed E-state index contributed by atoms with van der Waals surface area (Å²) in [5, 5.41) is 0. The smallest absolute Gasteiger partial charge is 0.178 e. The maximum absolute atomic E-state index is 10.8. The summed E-state index contributed by atoms with van der Waals surface area (Å²) >= 11 is 6.16.